The van der Waals surface area contributed by atoms with Gasteiger partial charge in [0.25, 0.3) is 11.1 Å². The van der Waals surface area contributed by atoms with Gasteiger partial charge in [-0.15, -0.1) is 11.6 Å². The van der Waals surface area contributed by atoms with E-state index in [1.54, 1.807) is 13.8 Å². The smallest absolute Gasteiger partial charge is 0.268 e. The third-order valence-corrected chi connectivity index (χ3v) is 3.24. The first-order valence-corrected chi connectivity index (χ1v) is 6.47. The summed E-state index contributed by atoms with van der Waals surface area (Å²) in [6.45, 7) is 3.93. The Balaban J connectivity index is 2.67. The van der Waals surface area contributed by atoms with Gasteiger partial charge in [-0.05, 0) is 26.7 Å². The van der Waals surface area contributed by atoms with E-state index in [0.717, 1.165) is 25.7 Å². The van der Waals surface area contributed by atoms with E-state index in [1.165, 1.54) is 4.68 Å². The second-order valence-electron chi connectivity index (χ2n) is 4.25. The molecule has 0 atom stereocenters. The first-order valence-electron chi connectivity index (χ1n) is 5.94. The maximum Gasteiger partial charge on any atom is 0.268 e. The summed E-state index contributed by atoms with van der Waals surface area (Å²) in [5.41, 5.74) is 0.769. The number of hydrogen-bond acceptors (Lipinski definition) is 2. The van der Waals surface area contributed by atoms with Crippen LogP contribution >= 0.6 is 11.6 Å². The van der Waals surface area contributed by atoms with Gasteiger partial charge in [0.15, 0.2) is 0 Å². The average molecular weight is 259 g/mol. The Bertz CT molecular complexity index is 476. The van der Waals surface area contributed by atoms with Gasteiger partial charge in [-0.3, -0.25) is 19.4 Å². The number of rotatable bonds is 6. The summed E-state index contributed by atoms with van der Waals surface area (Å²) in [6, 6.07) is 0. The number of H-pyrrole nitrogens is 1. The molecule has 0 radical (unpaired) electrons. The lowest BCUT2D eigenvalue weighted by molar-refractivity contribution is 0.510. The highest BCUT2D eigenvalue weighted by Gasteiger charge is 2.06. The highest BCUT2D eigenvalue weighted by molar-refractivity contribution is 6.17. The highest BCUT2D eigenvalue weighted by Crippen LogP contribution is 2.02. The number of aryl methyl sites for hydroxylation is 1. The lowest BCUT2D eigenvalue weighted by Crippen LogP contribution is -2.33. The molecule has 1 N–H and O–H groups in total. The summed E-state index contributed by atoms with van der Waals surface area (Å²) >= 11 is 5.58. The van der Waals surface area contributed by atoms with E-state index in [-0.39, 0.29) is 11.1 Å². The number of halogens is 1. The predicted octanol–water partition coefficient (Wildman–Crippen LogP) is 1.95. The van der Waals surface area contributed by atoms with Crippen LogP contribution in [-0.2, 0) is 6.54 Å². The summed E-state index contributed by atoms with van der Waals surface area (Å²) < 4.78 is 1.41. The van der Waals surface area contributed by atoms with Crippen LogP contribution in [0.5, 0.6) is 0 Å². The van der Waals surface area contributed by atoms with Gasteiger partial charge < -0.3 is 0 Å². The van der Waals surface area contributed by atoms with Crippen molar-refractivity contribution in [2.24, 2.45) is 0 Å². The second-order valence-corrected chi connectivity index (χ2v) is 4.63. The van der Waals surface area contributed by atoms with Crippen molar-refractivity contribution in [2.75, 3.05) is 5.88 Å². The van der Waals surface area contributed by atoms with Crippen LogP contribution in [-0.4, -0.2) is 15.7 Å². The van der Waals surface area contributed by atoms with E-state index in [1.807, 2.05) is 0 Å². The van der Waals surface area contributed by atoms with Crippen LogP contribution < -0.4 is 11.1 Å². The molecule has 0 saturated carbocycles. The van der Waals surface area contributed by atoms with Crippen molar-refractivity contribution in [1.82, 2.24) is 9.78 Å². The third kappa shape index (κ3) is 3.73. The number of alkyl halides is 1. The number of nitrogens with zero attached hydrogens (tertiary/aromatic N) is 1. The van der Waals surface area contributed by atoms with Crippen molar-refractivity contribution in [2.45, 2.75) is 46.1 Å². The number of hydrogen-bond donors (Lipinski definition) is 1. The van der Waals surface area contributed by atoms with Gasteiger partial charge >= 0.3 is 0 Å². The Labute approximate surface area is 106 Å². The molecule has 0 aliphatic heterocycles. The summed E-state index contributed by atoms with van der Waals surface area (Å²) in [7, 11) is 0. The minimum absolute atomic E-state index is 0.0977. The summed E-state index contributed by atoms with van der Waals surface area (Å²) in [5.74, 6) is 0.681. The van der Waals surface area contributed by atoms with Crippen LogP contribution in [0.2, 0.25) is 0 Å². The number of nitrogens with one attached hydrogen (secondary N) is 1. The van der Waals surface area contributed by atoms with Crippen LogP contribution in [0, 0.1) is 13.8 Å². The lowest BCUT2D eigenvalue weighted by Gasteiger charge is -2.07. The zero-order valence-corrected chi connectivity index (χ0v) is 11.1. The van der Waals surface area contributed by atoms with E-state index in [4.69, 9.17) is 11.6 Å². The van der Waals surface area contributed by atoms with Crippen molar-refractivity contribution in [3.63, 3.8) is 0 Å². The summed E-state index contributed by atoms with van der Waals surface area (Å²) in [4.78, 5) is 23.3. The Morgan fingerprint density at radius 3 is 2.35 bits per heavy atom. The fourth-order valence-corrected chi connectivity index (χ4v) is 1.85. The summed E-state index contributed by atoms with van der Waals surface area (Å²) in [6.07, 6.45) is 3.97. The van der Waals surface area contributed by atoms with Gasteiger partial charge in [-0.25, -0.2) is 0 Å². The van der Waals surface area contributed by atoms with Crippen molar-refractivity contribution < 1.29 is 0 Å². The van der Waals surface area contributed by atoms with Crippen LogP contribution in [0.1, 0.15) is 36.8 Å². The Kier molecular flexibility index (Phi) is 5.48. The van der Waals surface area contributed by atoms with Crippen LogP contribution in [0.4, 0.5) is 0 Å². The zero-order chi connectivity index (χ0) is 12.8. The number of aromatic nitrogens is 2. The monoisotopic (exact) mass is 258 g/mol. The van der Waals surface area contributed by atoms with Crippen molar-refractivity contribution >= 4 is 11.6 Å². The molecule has 0 aromatic carbocycles. The molecule has 0 aliphatic rings. The minimum atomic E-state index is -0.178. The van der Waals surface area contributed by atoms with E-state index in [0.29, 0.717) is 23.6 Å². The number of aromatic amines is 1. The maximum absolute atomic E-state index is 11.8. The zero-order valence-electron chi connectivity index (χ0n) is 10.4. The van der Waals surface area contributed by atoms with Gasteiger partial charge in [0.05, 0.1) is 0 Å². The molecule has 0 bridgehead atoms. The van der Waals surface area contributed by atoms with Crippen molar-refractivity contribution in [3.05, 3.63) is 31.8 Å². The molecule has 1 rings (SSSR count). The quantitative estimate of drug-likeness (QED) is 0.626. The van der Waals surface area contributed by atoms with Crippen molar-refractivity contribution in [1.29, 1.82) is 0 Å². The van der Waals surface area contributed by atoms with Gasteiger partial charge in [0, 0.05) is 23.6 Å². The first kappa shape index (κ1) is 14.0. The maximum atomic E-state index is 11.8. The van der Waals surface area contributed by atoms with E-state index >= 15 is 0 Å². The van der Waals surface area contributed by atoms with E-state index in [9.17, 15) is 9.59 Å². The van der Waals surface area contributed by atoms with Crippen LogP contribution in [0.15, 0.2) is 9.59 Å². The molecule has 0 unspecified atom stereocenters. The van der Waals surface area contributed by atoms with Gasteiger partial charge in [0.2, 0.25) is 0 Å². The first-order chi connectivity index (χ1) is 8.07. The molecule has 0 fully saturated rings. The largest absolute Gasteiger partial charge is 0.268 e. The van der Waals surface area contributed by atoms with Gasteiger partial charge in [-0.1, -0.05) is 12.8 Å². The number of unbranched alkanes of at least 4 members (excludes halogenated alkanes) is 3. The molecule has 4 nitrogen and oxygen atoms in total. The van der Waals surface area contributed by atoms with Gasteiger partial charge in [-0.2, -0.15) is 0 Å². The summed E-state index contributed by atoms with van der Waals surface area (Å²) in [5, 5.41) is 2.60. The molecule has 96 valence electrons. The molecular formula is C12H19ClN2O2. The molecule has 0 amide bonds. The molecule has 0 aliphatic carbocycles. The fraction of sp³-hybridized carbons (Fsp3) is 0.667. The van der Waals surface area contributed by atoms with Crippen LogP contribution in [0.3, 0.4) is 0 Å². The Morgan fingerprint density at radius 1 is 1.06 bits per heavy atom. The highest BCUT2D eigenvalue weighted by atomic mass is 35.5. The molecule has 1 heterocycles. The standard InChI is InChI=1S/C12H19ClN2O2/c1-9-10(2)12(17)15(14-11(9)16)8-6-4-3-5-7-13/h3-8H2,1-2H3,(H,14,16). The Morgan fingerprint density at radius 2 is 1.71 bits per heavy atom. The van der Waals surface area contributed by atoms with Crippen LogP contribution in [0.25, 0.3) is 0 Å². The predicted molar refractivity (Wildman–Crippen MR) is 70.0 cm³/mol. The lowest BCUT2D eigenvalue weighted by atomic mass is 10.2. The van der Waals surface area contributed by atoms with Gasteiger partial charge in [0.1, 0.15) is 0 Å². The molecule has 0 spiro atoms. The fourth-order valence-electron chi connectivity index (χ4n) is 1.67. The minimum Gasteiger partial charge on any atom is -0.268 e. The molecule has 5 heteroatoms. The molecule has 17 heavy (non-hydrogen) atoms. The molecule has 1 aromatic heterocycles. The van der Waals surface area contributed by atoms with E-state index in [2.05, 4.69) is 5.10 Å². The second kappa shape index (κ2) is 6.64. The van der Waals surface area contributed by atoms with E-state index < -0.39 is 0 Å². The third-order valence-electron chi connectivity index (χ3n) is 2.97. The molecule has 1 aromatic rings. The molecular weight excluding hydrogens is 240 g/mol. The van der Waals surface area contributed by atoms with Crippen molar-refractivity contribution in [3.8, 4) is 0 Å². The molecule has 0 saturated heterocycles. The normalized spacial score (nSPS) is 10.8. The Hall–Kier alpha value is -1.03. The SMILES string of the molecule is Cc1c(C)c(=O)n(CCCCCCCl)[nH]c1=O. The topological polar surface area (TPSA) is 54.9 Å². The average Bonchev–Trinajstić information content (AvgIpc) is 2.32.